The van der Waals surface area contributed by atoms with Crippen LogP contribution in [0.1, 0.15) is 29.4 Å². The maximum absolute atomic E-state index is 12.1. The van der Waals surface area contributed by atoms with E-state index in [1.807, 2.05) is 19.9 Å². The third kappa shape index (κ3) is 6.54. The third-order valence-corrected chi connectivity index (χ3v) is 3.35. The van der Waals surface area contributed by atoms with Crippen LogP contribution >= 0.6 is 0 Å². The number of amides is 1. The van der Waals surface area contributed by atoms with Crippen LogP contribution in [0.2, 0.25) is 0 Å². The number of hydrogen-bond acceptors (Lipinski definition) is 5. The first-order valence-electron chi connectivity index (χ1n) is 6.77. The van der Waals surface area contributed by atoms with Crippen molar-refractivity contribution in [3.8, 4) is 0 Å². The lowest BCUT2D eigenvalue weighted by molar-refractivity contribution is 0.0954. The molecule has 0 saturated heterocycles. The quantitative estimate of drug-likeness (QED) is 0.606. The molecule has 21 heavy (non-hydrogen) atoms. The molecule has 0 atom stereocenters. The molecular formula is C13H22N4O3S. The third-order valence-electron chi connectivity index (χ3n) is 2.63. The number of aryl methyl sites for hydroxylation is 1. The Labute approximate surface area is 125 Å². The molecule has 3 N–H and O–H groups in total. The fourth-order valence-electron chi connectivity index (χ4n) is 1.65. The molecule has 0 unspecified atom stereocenters. The average Bonchev–Trinajstić information content (AvgIpc) is 2.40. The molecule has 1 aromatic rings. The van der Waals surface area contributed by atoms with Crippen LogP contribution in [0.3, 0.4) is 0 Å². The van der Waals surface area contributed by atoms with Crippen molar-refractivity contribution >= 4 is 21.6 Å². The van der Waals surface area contributed by atoms with Crippen molar-refractivity contribution in [2.75, 3.05) is 31.2 Å². The number of nitrogens with zero attached hydrogens (tertiary/aromatic N) is 1. The Bertz CT molecular complexity index is 587. The maximum atomic E-state index is 12.1. The van der Waals surface area contributed by atoms with Crippen molar-refractivity contribution < 1.29 is 13.2 Å². The molecule has 0 saturated carbocycles. The number of anilines is 1. The van der Waals surface area contributed by atoms with Crippen LogP contribution in [0.4, 0.5) is 5.69 Å². The Hall–Kier alpha value is -1.67. The van der Waals surface area contributed by atoms with Crippen molar-refractivity contribution in [1.82, 2.24) is 15.0 Å². The van der Waals surface area contributed by atoms with Gasteiger partial charge in [0.1, 0.15) is 0 Å². The topological polar surface area (TPSA) is 100 Å². The van der Waals surface area contributed by atoms with Crippen LogP contribution in [0.25, 0.3) is 0 Å². The highest BCUT2D eigenvalue weighted by molar-refractivity contribution is 7.88. The van der Waals surface area contributed by atoms with Gasteiger partial charge in [0.25, 0.3) is 5.91 Å². The average molecular weight is 314 g/mol. The van der Waals surface area contributed by atoms with Gasteiger partial charge in [-0.1, -0.05) is 6.92 Å². The van der Waals surface area contributed by atoms with Crippen LogP contribution in [-0.4, -0.2) is 45.2 Å². The lowest BCUT2D eigenvalue weighted by atomic mass is 10.2. The Morgan fingerprint density at radius 3 is 2.62 bits per heavy atom. The van der Waals surface area contributed by atoms with Crippen LogP contribution in [0, 0.1) is 6.92 Å². The van der Waals surface area contributed by atoms with Crippen molar-refractivity contribution in [3.63, 3.8) is 0 Å². The number of carbonyl (C=O) groups is 1. The molecule has 1 rings (SSSR count). The fourth-order valence-corrected chi connectivity index (χ4v) is 2.13. The SMILES string of the molecule is CCCNc1cc(C)ncc1C(=O)NCCNS(C)(=O)=O. The molecule has 0 spiro atoms. The zero-order chi connectivity index (χ0) is 15.9. The van der Waals surface area contributed by atoms with Gasteiger partial charge in [-0.2, -0.15) is 0 Å². The van der Waals surface area contributed by atoms with E-state index in [1.54, 1.807) is 0 Å². The summed E-state index contributed by atoms with van der Waals surface area (Å²) in [4.78, 5) is 16.2. The smallest absolute Gasteiger partial charge is 0.255 e. The highest BCUT2D eigenvalue weighted by atomic mass is 32.2. The molecule has 0 radical (unpaired) electrons. The number of pyridine rings is 1. The summed E-state index contributed by atoms with van der Waals surface area (Å²) in [5, 5.41) is 5.85. The second kappa shape index (κ2) is 7.94. The zero-order valence-electron chi connectivity index (χ0n) is 12.6. The summed E-state index contributed by atoms with van der Waals surface area (Å²) in [6.07, 6.45) is 3.54. The molecule has 0 aromatic carbocycles. The van der Waals surface area contributed by atoms with Crippen molar-refractivity contribution in [1.29, 1.82) is 0 Å². The van der Waals surface area contributed by atoms with E-state index in [1.165, 1.54) is 6.20 Å². The molecule has 0 aliphatic rings. The number of sulfonamides is 1. The van der Waals surface area contributed by atoms with Gasteiger partial charge in [-0.05, 0) is 19.4 Å². The lowest BCUT2D eigenvalue weighted by Crippen LogP contribution is -2.34. The zero-order valence-corrected chi connectivity index (χ0v) is 13.4. The fraction of sp³-hybridized carbons (Fsp3) is 0.538. The number of hydrogen-bond donors (Lipinski definition) is 3. The summed E-state index contributed by atoms with van der Waals surface area (Å²) in [5.41, 5.74) is 2.01. The highest BCUT2D eigenvalue weighted by Crippen LogP contribution is 2.15. The molecular weight excluding hydrogens is 292 g/mol. The summed E-state index contributed by atoms with van der Waals surface area (Å²) in [5.74, 6) is -0.281. The Kier molecular flexibility index (Phi) is 6.57. The minimum Gasteiger partial charge on any atom is -0.384 e. The molecule has 0 bridgehead atoms. The molecule has 0 fully saturated rings. The highest BCUT2D eigenvalue weighted by Gasteiger charge is 2.12. The van der Waals surface area contributed by atoms with Gasteiger partial charge >= 0.3 is 0 Å². The van der Waals surface area contributed by atoms with Crippen LogP contribution in [0.5, 0.6) is 0 Å². The van der Waals surface area contributed by atoms with Gasteiger partial charge in [0.2, 0.25) is 10.0 Å². The Morgan fingerprint density at radius 1 is 1.29 bits per heavy atom. The first-order chi connectivity index (χ1) is 9.83. The van der Waals surface area contributed by atoms with E-state index in [0.29, 0.717) is 5.56 Å². The number of aromatic nitrogens is 1. The van der Waals surface area contributed by atoms with Crippen LogP contribution in [0.15, 0.2) is 12.3 Å². The van der Waals surface area contributed by atoms with Gasteiger partial charge < -0.3 is 10.6 Å². The molecule has 7 nitrogen and oxygen atoms in total. The molecule has 0 aliphatic carbocycles. The molecule has 1 aromatic heterocycles. The first kappa shape index (κ1) is 17.4. The second-order valence-electron chi connectivity index (χ2n) is 4.72. The predicted octanol–water partition coefficient (Wildman–Crippen LogP) is 0.491. The lowest BCUT2D eigenvalue weighted by Gasteiger charge is -2.12. The monoisotopic (exact) mass is 314 g/mol. The van der Waals surface area contributed by atoms with E-state index in [9.17, 15) is 13.2 Å². The number of rotatable bonds is 8. The maximum Gasteiger partial charge on any atom is 0.255 e. The van der Waals surface area contributed by atoms with E-state index in [2.05, 4.69) is 20.3 Å². The molecule has 118 valence electrons. The van der Waals surface area contributed by atoms with Crippen LogP contribution in [-0.2, 0) is 10.0 Å². The van der Waals surface area contributed by atoms with Gasteiger partial charge in [0.05, 0.1) is 17.5 Å². The van der Waals surface area contributed by atoms with Crippen molar-refractivity contribution in [3.05, 3.63) is 23.5 Å². The van der Waals surface area contributed by atoms with E-state index in [0.717, 1.165) is 30.6 Å². The molecule has 1 heterocycles. The minimum absolute atomic E-state index is 0.154. The minimum atomic E-state index is -3.24. The van der Waals surface area contributed by atoms with Gasteiger partial charge in [0, 0.05) is 31.5 Å². The molecule has 1 amide bonds. The van der Waals surface area contributed by atoms with E-state index in [4.69, 9.17) is 0 Å². The number of carbonyl (C=O) groups excluding carboxylic acids is 1. The van der Waals surface area contributed by atoms with E-state index < -0.39 is 10.0 Å². The first-order valence-corrected chi connectivity index (χ1v) is 8.66. The van der Waals surface area contributed by atoms with Crippen LogP contribution < -0.4 is 15.4 Å². The summed E-state index contributed by atoms with van der Waals surface area (Å²) >= 11 is 0. The van der Waals surface area contributed by atoms with Crippen molar-refractivity contribution in [2.45, 2.75) is 20.3 Å². The second-order valence-corrected chi connectivity index (χ2v) is 6.55. The molecule has 0 aliphatic heterocycles. The Morgan fingerprint density at radius 2 is 2.00 bits per heavy atom. The van der Waals surface area contributed by atoms with E-state index in [-0.39, 0.29) is 19.0 Å². The molecule has 8 heteroatoms. The summed E-state index contributed by atoms with van der Waals surface area (Å²) in [6.45, 7) is 5.03. The van der Waals surface area contributed by atoms with Gasteiger partial charge in [-0.25, -0.2) is 13.1 Å². The van der Waals surface area contributed by atoms with Gasteiger partial charge in [-0.3, -0.25) is 9.78 Å². The summed E-state index contributed by atoms with van der Waals surface area (Å²) in [7, 11) is -3.24. The van der Waals surface area contributed by atoms with Gasteiger partial charge in [-0.15, -0.1) is 0 Å². The summed E-state index contributed by atoms with van der Waals surface area (Å²) < 4.78 is 24.1. The van der Waals surface area contributed by atoms with E-state index >= 15 is 0 Å². The Balaban J connectivity index is 2.64. The van der Waals surface area contributed by atoms with Crippen molar-refractivity contribution in [2.24, 2.45) is 0 Å². The van der Waals surface area contributed by atoms with Gasteiger partial charge in [0.15, 0.2) is 0 Å². The summed E-state index contributed by atoms with van der Waals surface area (Å²) in [6, 6.07) is 1.82. The standard InChI is InChI=1S/C13H22N4O3S/c1-4-5-14-12-8-10(2)16-9-11(12)13(18)15-6-7-17-21(3,19)20/h8-9,17H,4-7H2,1-3H3,(H,14,16)(H,15,18). The normalized spacial score (nSPS) is 11.2. The number of nitrogens with one attached hydrogen (secondary N) is 3. The predicted molar refractivity (Wildman–Crippen MR) is 82.9 cm³/mol. The largest absolute Gasteiger partial charge is 0.384 e.